The average molecular weight is 234 g/mol. The van der Waals surface area contributed by atoms with E-state index in [4.69, 9.17) is 5.11 Å². The summed E-state index contributed by atoms with van der Waals surface area (Å²) in [6, 6.07) is 6.03. The van der Waals surface area contributed by atoms with Crippen LogP contribution in [0.5, 0.6) is 0 Å². The lowest BCUT2D eigenvalue weighted by Gasteiger charge is -2.18. The molecule has 1 aromatic carbocycles. The smallest absolute Gasteiger partial charge is 0.310 e. The zero-order chi connectivity index (χ0) is 13.0. The van der Waals surface area contributed by atoms with Crippen LogP contribution in [0.2, 0.25) is 0 Å². The van der Waals surface area contributed by atoms with Crippen LogP contribution in [-0.2, 0) is 17.6 Å². The summed E-state index contributed by atoms with van der Waals surface area (Å²) in [5.41, 5.74) is 3.50. The summed E-state index contributed by atoms with van der Waals surface area (Å²) in [6.07, 6.45) is 1.92. The van der Waals surface area contributed by atoms with Gasteiger partial charge >= 0.3 is 5.97 Å². The van der Waals surface area contributed by atoms with Crippen molar-refractivity contribution in [2.45, 2.75) is 46.5 Å². The van der Waals surface area contributed by atoms with E-state index in [0.717, 1.165) is 18.4 Å². The molecular formula is C15H22O2. The van der Waals surface area contributed by atoms with E-state index in [1.54, 1.807) is 6.92 Å². The molecule has 0 aliphatic carbocycles. The quantitative estimate of drug-likeness (QED) is 0.844. The minimum Gasteiger partial charge on any atom is -0.481 e. The van der Waals surface area contributed by atoms with Gasteiger partial charge in [-0.25, -0.2) is 0 Å². The van der Waals surface area contributed by atoms with E-state index in [2.05, 4.69) is 26.8 Å². The minimum absolute atomic E-state index is 0.421. The van der Waals surface area contributed by atoms with Gasteiger partial charge in [-0.05, 0) is 42.4 Å². The largest absolute Gasteiger partial charge is 0.481 e. The first-order chi connectivity index (χ1) is 7.97. The highest BCUT2D eigenvalue weighted by Gasteiger charge is 2.19. The van der Waals surface area contributed by atoms with E-state index in [1.165, 1.54) is 11.1 Å². The zero-order valence-electron chi connectivity index (χ0n) is 11.2. The molecule has 2 heteroatoms. The second-order valence-corrected chi connectivity index (χ2v) is 5.00. The predicted octanol–water partition coefficient (Wildman–Crippen LogP) is 3.64. The highest BCUT2D eigenvalue weighted by Crippen LogP contribution is 2.26. The van der Waals surface area contributed by atoms with Crippen molar-refractivity contribution in [1.82, 2.24) is 0 Å². The molecule has 1 aromatic rings. The fourth-order valence-corrected chi connectivity index (χ4v) is 2.18. The molecule has 0 saturated carbocycles. The van der Waals surface area contributed by atoms with Gasteiger partial charge in [-0.1, -0.05) is 39.0 Å². The summed E-state index contributed by atoms with van der Waals surface area (Å²) in [4.78, 5) is 11.1. The van der Waals surface area contributed by atoms with Gasteiger partial charge in [-0.3, -0.25) is 4.79 Å². The van der Waals surface area contributed by atoms with Gasteiger partial charge in [0.2, 0.25) is 0 Å². The normalized spacial score (nSPS) is 12.8. The second-order valence-electron chi connectivity index (χ2n) is 5.00. The second kappa shape index (κ2) is 5.85. The van der Waals surface area contributed by atoms with Crippen LogP contribution < -0.4 is 0 Å². The van der Waals surface area contributed by atoms with Gasteiger partial charge in [-0.15, -0.1) is 0 Å². The van der Waals surface area contributed by atoms with Crippen molar-refractivity contribution >= 4 is 5.97 Å². The molecule has 0 saturated heterocycles. The molecule has 0 aliphatic rings. The van der Waals surface area contributed by atoms with Crippen LogP contribution in [0.3, 0.4) is 0 Å². The molecule has 0 amide bonds. The molecule has 0 bridgehead atoms. The molecule has 0 aliphatic heterocycles. The van der Waals surface area contributed by atoms with E-state index in [-0.39, 0.29) is 0 Å². The standard InChI is InChI=1S/C15H22O2/c1-5-12-7-6-8-13(11(4)15(16)17)14(12)9-10(2)3/h6-8,10-11H,5,9H2,1-4H3,(H,16,17). The van der Waals surface area contributed by atoms with Crippen LogP contribution >= 0.6 is 0 Å². The zero-order valence-corrected chi connectivity index (χ0v) is 11.2. The van der Waals surface area contributed by atoms with Crippen LogP contribution in [-0.4, -0.2) is 11.1 Å². The maximum Gasteiger partial charge on any atom is 0.310 e. The lowest BCUT2D eigenvalue weighted by molar-refractivity contribution is -0.138. The summed E-state index contributed by atoms with van der Waals surface area (Å²) >= 11 is 0. The molecule has 0 fully saturated rings. The fraction of sp³-hybridized carbons (Fsp3) is 0.533. The minimum atomic E-state index is -0.747. The van der Waals surface area contributed by atoms with E-state index in [9.17, 15) is 4.79 Å². The summed E-state index contributed by atoms with van der Waals surface area (Å²) in [6.45, 7) is 8.22. The van der Waals surface area contributed by atoms with Gasteiger partial charge in [0.15, 0.2) is 0 Å². The Morgan fingerprint density at radius 1 is 1.29 bits per heavy atom. The molecule has 2 nitrogen and oxygen atoms in total. The highest BCUT2D eigenvalue weighted by atomic mass is 16.4. The molecule has 0 aromatic heterocycles. The fourth-order valence-electron chi connectivity index (χ4n) is 2.18. The van der Waals surface area contributed by atoms with Crippen molar-refractivity contribution in [1.29, 1.82) is 0 Å². The van der Waals surface area contributed by atoms with Crippen molar-refractivity contribution in [2.75, 3.05) is 0 Å². The van der Waals surface area contributed by atoms with Gasteiger partial charge in [0, 0.05) is 0 Å². The Balaban J connectivity index is 3.23. The van der Waals surface area contributed by atoms with E-state index >= 15 is 0 Å². The Morgan fingerprint density at radius 2 is 1.94 bits per heavy atom. The Kier molecular flexibility index (Phi) is 4.73. The molecule has 0 spiro atoms. The molecule has 0 heterocycles. The van der Waals surface area contributed by atoms with Crippen LogP contribution in [0.15, 0.2) is 18.2 Å². The monoisotopic (exact) mass is 234 g/mol. The molecule has 1 unspecified atom stereocenters. The van der Waals surface area contributed by atoms with Crippen LogP contribution in [0.1, 0.15) is 50.3 Å². The number of carboxylic acid groups (broad SMARTS) is 1. The summed E-state index contributed by atoms with van der Waals surface area (Å²) in [7, 11) is 0. The predicted molar refractivity (Wildman–Crippen MR) is 70.4 cm³/mol. The topological polar surface area (TPSA) is 37.3 Å². The lowest BCUT2D eigenvalue weighted by Crippen LogP contribution is -2.12. The summed E-state index contributed by atoms with van der Waals surface area (Å²) in [5.74, 6) is -0.624. The number of carboxylic acids is 1. The first kappa shape index (κ1) is 13.8. The maximum absolute atomic E-state index is 11.1. The number of aliphatic carboxylic acids is 1. The molecule has 94 valence electrons. The highest BCUT2D eigenvalue weighted by molar-refractivity contribution is 5.76. The van der Waals surface area contributed by atoms with Crippen molar-refractivity contribution in [3.05, 3.63) is 34.9 Å². The number of carbonyl (C=O) groups is 1. The third-order valence-corrected chi connectivity index (χ3v) is 3.14. The van der Waals surface area contributed by atoms with Crippen LogP contribution in [0.4, 0.5) is 0 Å². The Morgan fingerprint density at radius 3 is 2.41 bits per heavy atom. The van der Waals surface area contributed by atoms with Crippen molar-refractivity contribution in [3.63, 3.8) is 0 Å². The molecule has 1 atom stereocenters. The van der Waals surface area contributed by atoms with Crippen molar-refractivity contribution in [3.8, 4) is 0 Å². The molecule has 1 rings (SSSR count). The third kappa shape index (κ3) is 3.32. The Hall–Kier alpha value is -1.31. The number of benzene rings is 1. The molecule has 0 radical (unpaired) electrons. The number of aryl methyl sites for hydroxylation is 1. The van der Waals surface area contributed by atoms with Gasteiger partial charge in [0.25, 0.3) is 0 Å². The third-order valence-electron chi connectivity index (χ3n) is 3.14. The van der Waals surface area contributed by atoms with Gasteiger partial charge < -0.3 is 5.11 Å². The summed E-state index contributed by atoms with van der Waals surface area (Å²) < 4.78 is 0. The molecular weight excluding hydrogens is 212 g/mol. The van der Waals surface area contributed by atoms with Gasteiger partial charge in [0.05, 0.1) is 5.92 Å². The Bertz CT molecular complexity index is 394. The SMILES string of the molecule is CCc1cccc(C(C)C(=O)O)c1CC(C)C. The summed E-state index contributed by atoms with van der Waals surface area (Å²) in [5, 5.41) is 9.16. The van der Waals surface area contributed by atoms with Crippen molar-refractivity contribution < 1.29 is 9.90 Å². The maximum atomic E-state index is 11.1. The average Bonchev–Trinajstić information content (AvgIpc) is 2.27. The number of rotatable bonds is 5. The number of hydrogen-bond acceptors (Lipinski definition) is 1. The Labute approximate surface area is 104 Å². The van der Waals surface area contributed by atoms with Crippen LogP contribution in [0.25, 0.3) is 0 Å². The van der Waals surface area contributed by atoms with Gasteiger partial charge in [-0.2, -0.15) is 0 Å². The van der Waals surface area contributed by atoms with E-state index < -0.39 is 11.9 Å². The van der Waals surface area contributed by atoms with Gasteiger partial charge in [0.1, 0.15) is 0 Å². The molecule has 1 N–H and O–H groups in total. The first-order valence-electron chi connectivity index (χ1n) is 6.30. The number of hydrogen-bond donors (Lipinski definition) is 1. The first-order valence-corrected chi connectivity index (χ1v) is 6.30. The van der Waals surface area contributed by atoms with Crippen molar-refractivity contribution in [2.24, 2.45) is 5.92 Å². The van der Waals surface area contributed by atoms with Crippen LogP contribution in [0, 0.1) is 5.92 Å². The van der Waals surface area contributed by atoms with E-state index in [0.29, 0.717) is 5.92 Å². The molecule has 17 heavy (non-hydrogen) atoms. The lowest BCUT2D eigenvalue weighted by atomic mass is 9.87. The van der Waals surface area contributed by atoms with E-state index in [1.807, 2.05) is 12.1 Å².